The molecule has 0 saturated carbocycles. The van der Waals surface area contributed by atoms with Crippen LogP contribution in [0.4, 0.5) is 5.69 Å². The van der Waals surface area contributed by atoms with Crippen molar-refractivity contribution >= 4 is 5.69 Å². The van der Waals surface area contributed by atoms with E-state index in [1.54, 1.807) is 0 Å². The van der Waals surface area contributed by atoms with Gasteiger partial charge >= 0.3 is 0 Å². The highest BCUT2D eigenvalue weighted by atomic mass is 16.5. The Morgan fingerprint density at radius 1 is 1.39 bits per heavy atom. The first-order chi connectivity index (χ1) is 8.66. The summed E-state index contributed by atoms with van der Waals surface area (Å²) in [4.78, 5) is 0. The third kappa shape index (κ3) is 1.65. The highest BCUT2D eigenvalue weighted by Gasteiger charge is 2.25. The van der Waals surface area contributed by atoms with Crippen molar-refractivity contribution in [3.8, 4) is 5.75 Å². The van der Waals surface area contributed by atoms with Crippen molar-refractivity contribution in [3.63, 3.8) is 0 Å². The van der Waals surface area contributed by atoms with Crippen LogP contribution in [0.5, 0.6) is 5.75 Å². The molecular weight excluding hydrogens is 226 g/mol. The average molecular weight is 243 g/mol. The normalized spacial score (nSPS) is 17.6. The lowest BCUT2D eigenvalue weighted by Gasteiger charge is -2.10. The van der Waals surface area contributed by atoms with E-state index in [1.165, 1.54) is 5.56 Å². The van der Waals surface area contributed by atoms with Crippen LogP contribution in [0.25, 0.3) is 0 Å². The molecule has 2 heterocycles. The van der Waals surface area contributed by atoms with E-state index in [-0.39, 0.29) is 0 Å². The Kier molecular flexibility index (Phi) is 2.51. The zero-order chi connectivity index (χ0) is 12.7. The Labute approximate surface area is 106 Å². The number of nitrogen functional groups attached to an aromatic ring is 1. The second-order valence-electron chi connectivity index (χ2n) is 4.81. The Morgan fingerprint density at radius 2 is 2.17 bits per heavy atom. The third-order valence-electron chi connectivity index (χ3n) is 3.63. The number of anilines is 1. The first kappa shape index (κ1) is 11.1. The minimum absolute atomic E-state index is 0.360. The van der Waals surface area contributed by atoms with Gasteiger partial charge in [0.15, 0.2) is 0 Å². The number of ether oxygens (including phenoxy) is 1. The number of hydrogen-bond acceptors (Lipinski definition) is 3. The summed E-state index contributed by atoms with van der Waals surface area (Å²) in [5.41, 5.74) is 9.96. The van der Waals surface area contributed by atoms with Gasteiger partial charge in [0.25, 0.3) is 0 Å². The molecule has 1 aliphatic heterocycles. The predicted octanol–water partition coefficient (Wildman–Crippen LogP) is 2.26. The average Bonchev–Trinajstić information content (AvgIpc) is 2.89. The molecule has 0 spiro atoms. The molecule has 4 heteroatoms. The minimum Gasteiger partial charge on any atom is -0.493 e. The monoisotopic (exact) mass is 243 g/mol. The Hall–Kier alpha value is -1.97. The molecular formula is C14H17N3O. The molecule has 18 heavy (non-hydrogen) atoms. The molecule has 0 fully saturated rings. The number of nitrogens with two attached hydrogens (primary N) is 1. The van der Waals surface area contributed by atoms with Crippen LogP contribution in [-0.2, 0) is 6.54 Å². The van der Waals surface area contributed by atoms with E-state index in [9.17, 15) is 0 Å². The van der Waals surface area contributed by atoms with Crippen molar-refractivity contribution in [2.75, 3.05) is 12.3 Å². The zero-order valence-corrected chi connectivity index (χ0v) is 10.7. The van der Waals surface area contributed by atoms with Crippen molar-refractivity contribution in [1.29, 1.82) is 0 Å². The predicted molar refractivity (Wildman–Crippen MR) is 70.8 cm³/mol. The van der Waals surface area contributed by atoms with Crippen LogP contribution in [0, 0.1) is 13.8 Å². The number of aryl methyl sites for hydroxylation is 1. The van der Waals surface area contributed by atoms with Gasteiger partial charge in [0.1, 0.15) is 5.75 Å². The molecule has 0 aliphatic carbocycles. The lowest BCUT2D eigenvalue weighted by Crippen LogP contribution is -2.13. The van der Waals surface area contributed by atoms with Crippen LogP contribution in [0.2, 0.25) is 0 Å². The van der Waals surface area contributed by atoms with Crippen molar-refractivity contribution in [1.82, 2.24) is 9.78 Å². The highest BCUT2D eigenvalue weighted by molar-refractivity contribution is 5.47. The van der Waals surface area contributed by atoms with Crippen molar-refractivity contribution in [2.24, 2.45) is 0 Å². The van der Waals surface area contributed by atoms with E-state index < -0.39 is 0 Å². The van der Waals surface area contributed by atoms with Gasteiger partial charge in [0, 0.05) is 11.5 Å². The summed E-state index contributed by atoms with van der Waals surface area (Å²) in [5.74, 6) is 1.36. The maximum absolute atomic E-state index is 5.96. The van der Waals surface area contributed by atoms with Crippen molar-refractivity contribution in [3.05, 3.63) is 41.2 Å². The quantitative estimate of drug-likeness (QED) is 0.880. The van der Waals surface area contributed by atoms with E-state index in [0.29, 0.717) is 5.92 Å². The third-order valence-corrected chi connectivity index (χ3v) is 3.63. The number of benzene rings is 1. The largest absolute Gasteiger partial charge is 0.493 e. The standard InChI is InChI=1S/C14H17N3O/c1-9-14(15)10(2)17(16-9)7-11-8-18-13-6-4-3-5-12(11)13/h3-6,11H,7-8,15H2,1-2H3. The lowest BCUT2D eigenvalue weighted by atomic mass is 10.0. The smallest absolute Gasteiger partial charge is 0.122 e. The zero-order valence-electron chi connectivity index (χ0n) is 10.7. The van der Waals surface area contributed by atoms with Crippen LogP contribution in [0.15, 0.2) is 24.3 Å². The van der Waals surface area contributed by atoms with E-state index in [4.69, 9.17) is 10.5 Å². The van der Waals surface area contributed by atoms with E-state index >= 15 is 0 Å². The fourth-order valence-electron chi connectivity index (χ4n) is 2.48. The first-order valence-electron chi connectivity index (χ1n) is 6.18. The van der Waals surface area contributed by atoms with Gasteiger partial charge < -0.3 is 10.5 Å². The van der Waals surface area contributed by atoms with Gasteiger partial charge in [0.2, 0.25) is 0 Å². The summed E-state index contributed by atoms with van der Waals surface area (Å²) < 4.78 is 7.67. The van der Waals surface area contributed by atoms with Gasteiger partial charge in [-0.25, -0.2) is 0 Å². The molecule has 94 valence electrons. The fourth-order valence-corrected chi connectivity index (χ4v) is 2.48. The van der Waals surface area contributed by atoms with Gasteiger partial charge in [-0.1, -0.05) is 18.2 Å². The van der Waals surface area contributed by atoms with Crippen molar-refractivity contribution < 1.29 is 4.74 Å². The first-order valence-corrected chi connectivity index (χ1v) is 6.18. The molecule has 0 bridgehead atoms. The Bertz CT molecular complexity index is 589. The summed E-state index contributed by atoms with van der Waals surface area (Å²) in [7, 11) is 0. The fraction of sp³-hybridized carbons (Fsp3) is 0.357. The van der Waals surface area contributed by atoms with Gasteiger partial charge in [-0.05, 0) is 19.9 Å². The van der Waals surface area contributed by atoms with Crippen LogP contribution < -0.4 is 10.5 Å². The maximum atomic E-state index is 5.96. The van der Waals surface area contributed by atoms with Crippen LogP contribution in [0.3, 0.4) is 0 Å². The molecule has 4 nitrogen and oxygen atoms in total. The molecule has 1 unspecified atom stereocenters. The van der Waals surface area contributed by atoms with Gasteiger partial charge in [0.05, 0.1) is 30.2 Å². The van der Waals surface area contributed by atoms with Crippen LogP contribution >= 0.6 is 0 Å². The van der Waals surface area contributed by atoms with Crippen LogP contribution in [-0.4, -0.2) is 16.4 Å². The molecule has 1 aliphatic rings. The van der Waals surface area contributed by atoms with Gasteiger partial charge in [-0.2, -0.15) is 5.10 Å². The van der Waals surface area contributed by atoms with Gasteiger partial charge in [-0.3, -0.25) is 4.68 Å². The summed E-state index contributed by atoms with van der Waals surface area (Å²) in [6.45, 7) is 5.49. The Balaban J connectivity index is 1.88. The van der Waals surface area contributed by atoms with E-state index in [1.807, 2.05) is 30.7 Å². The number of nitrogens with zero attached hydrogens (tertiary/aromatic N) is 2. The molecule has 2 N–H and O–H groups in total. The molecule has 0 saturated heterocycles. The SMILES string of the molecule is Cc1nn(CC2COc3ccccc32)c(C)c1N. The summed E-state index contributed by atoms with van der Waals surface area (Å²) >= 11 is 0. The second kappa shape index (κ2) is 4.05. The Morgan fingerprint density at radius 3 is 2.89 bits per heavy atom. The summed E-state index contributed by atoms with van der Waals surface area (Å²) in [6, 6.07) is 8.20. The second-order valence-corrected chi connectivity index (χ2v) is 4.81. The van der Waals surface area contributed by atoms with Crippen molar-refractivity contribution in [2.45, 2.75) is 26.3 Å². The number of fused-ring (bicyclic) bond motifs is 1. The molecule has 3 rings (SSSR count). The molecule has 0 amide bonds. The number of para-hydroxylation sites is 1. The molecule has 1 atom stereocenters. The molecule has 0 radical (unpaired) electrons. The molecule has 2 aromatic rings. The lowest BCUT2D eigenvalue weighted by molar-refractivity contribution is 0.314. The number of hydrogen-bond donors (Lipinski definition) is 1. The minimum atomic E-state index is 0.360. The van der Waals surface area contributed by atoms with Gasteiger partial charge in [-0.15, -0.1) is 0 Å². The van der Waals surface area contributed by atoms with Crippen LogP contribution in [0.1, 0.15) is 22.9 Å². The van der Waals surface area contributed by atoms with E-state index in [0.717, 1.165) is 36.0 Å². The van der Waals surface area contributed by atoms with E-state index in [2.05, 4.69) is 17.2 Å². The topological polar surface area (TPSA) is 53.1 Å². The summed E-state index contributed by atoms with van der Waals surface area (Å²) in [6.07, 6.45) is 0. The maximum Gasteiger partial charge on any atom is 0.122 e. The molecule has 1 aromatic heterocycles. The highest BCUT2D eigenvalue weighted by Crippen LogP contribution is 2.34. The summed E-state index contributed by atoms with van der Waals surface area (Å²) in [5, 5.41) is 4.48. The number of aromatic nitrogens is 2. The molecule has 1 aromatic carbocycles. The number of rotatable bonds is 2.